The van der Waals surface area contributed by atoms with E-state index in [0.29, 0.717) is 11.6 Å². The highest BCUT2D eigenvalue weighted by Crippen LogP contribution is 2.25. The molecule has 0 spiro atoms. The number of sulfonamides is 1. The topological polar surface area (TPSA) is 93.2 Å². The van der Waals surface area contributed by atoms with E-state index in [1.807, 2.05) is 6.92 Å². The Labute approximate surface area is 160 Å². The van der Waals surface area contributed by atoms with Crippen LogP contribution < -0.4 is 14.8 Å². The summed E-state index contributed by atoms with van der Waals surface area (Å²) in [5.74, 6) is 1.48. The lowest BCUT2D eigenvalue weighted by Crippen LogP contribution is -2.17. The molecule has 1 fully saturated rings. The molecule has 1 saturated carbocycles. The zero-order chi connectivity index (χ0) is 19.3. The van der Waals surface area contributed by atoms with Crippen LogP contribution in [-0.4, -0.2) is 30.8 Å². The van der Waals surface area contributed by atoms with Crippen molar-refractivity contribution in [3.8, 4) is 5.75 Å². The molecule has 0 saturated heterocycles. The van der Waals surface area contributed by atoms with Gasteiger partial charge >= 0.3 is 0 Å². The smallest absolute Gasteiger partial charge is 0.263 e. The highest BCUT2D eigenvalue weighted by molar-refractivity contribution is 7.92. The third-order valence-corrected chi connectivity index (χ3v) is 6.02. The molecular weight excluding hydrogens is 364 g/mol. The van der Waals surface area contributed by atoms with Gasteiger partial charge in [0, 0.05) is 6.04 Å². The second-order valence-electron chi connectivity index (χ2n) is 6.86. The Morgan fingerprint density at radius 1 is 1.07 bits per heavy atom. The molecule has 0 radical (unpaired) electrons. The quantitative estimate of drug-likeness (QED) is 0.712. The minimum absolute atomic E-state index is 0.157. The van der Waals surface area contributed by atoms with Gasteiger partial charge in [0.1, 0.15) is 11.6 Å². The maximum atomic E-state index is 12.5. The average Bonchev–Trinajstić information content (AvgIpc) is 3.16. The Hall–Kier alpha value is -2.35. The van der Waals surface area contributed by atoms with Crippen LogP contribution in [0.1, 0.15) is 46.0 Å². The van der Waals surface area contributed by atoms with E-state index in [-0.39, 0.29) is 22.9 Å². The number of benzene rings is 1. The Balaban J connectivity index is 1.63. The predicted octanol–water partition coefficient (Wildman–Crippen LogP) is 3.81. The summed E-state index contributed by atoms with van der Waals surface area (Å²) in [6, 6.07) is 10.0. The standard InChI is InChI=1S/C19H26N4O3S/c1-3-14(2)20-18-12-13-19(22-21-18)23-27(24,25)17-10-8-16(9-11-17)26-15-6-4-5-7-15/h8-15H,3-7H2,1-2H3,(H,20,21)(H,22,23). The minimum Gasteiger partial charge on any atom is -0.490 e. The predicted molar refractivity (Wildman–Crippen MR) is 106 cm³/mol. The fourth-order valence-electron chi connectivity index (χ4n) is 2.91. The zero-order valence-corrected chi connectivity index (χ0v) is 16.5. The zero-order valence-electron chi connectivity index (χ0n) is 15.7. The van der Waals surface area contributed by atoms with E-state index in [9.17, 15) is 8.42 Å². The number of rotatable bonds is 8. The normalized spacial score (nSPS) is 16.1. The van der Waals surface area contributed by atoms with Gasteiger partial charge in [0.25, 0.3) is 10.0 Å². The highest BCUT2D eigenvalue weighted by Gasteiger charge is 2.18. The Morgan fingerprint density at radius 3 is 2.30 bits per heavy atom. The van der Waals surface area contributed by atoms with Crippen molar-refractivity contribution in [2.24, 2.45) is 0 Å². The first-order chi connectivity index (χ1) is 13.0. The van der Waals surface area contributed by atoms with E-state index < -0.39 is 10.0 Å². The second kappa shape index (κ2) is 8.56. The van der Waals surface area contributed by atoms with E-state index in [2.05, 4.69) is 27.2 Å². The minimum atomic E-state index is -3.73. The van der Waals surface area contributed by atoms with Gasteiger partial charge in [-0.15, -0.1) is 10.2 Å². The van der Waals surface area contributed by atoms with Crippen molar-refractivity contribution >= 4 is 21.7 Å². The number of ether oxygens (including phenoxy) is 1. The molecular formula is C19H26N4O3S. The van der Waals surface area contributed by atoms with Crippen molar-refractivity contribution in [1.82, 2.24) is 10.2 Å². The first-order valence-electron chi connectivity index (χ1n) is 9.36. The third-order valence-electron chi connectivity index (χ3n) is 4.65. The molecule has 8 heteroatoms. The third kappa shape index (κ3) is 5.32. The van der Waals surface area contributed by atoms with Crippen LogP contribution in [-0.2, 0) is 10.0 Å². The van der Waals surface area contributed by atoms with Gasteiger partial charge in [0.05, 0.1) is 11.0 Å². The maximum Gasteiger partial charge on any atom is 0.263 e. The molecule has 0 aliphatic heterocycles. The number of hydrogen-bond donors (Lipinski definition) is 2. The summed E-state index contributed by atoms with van der Waals surface area (Å²) < 4.78 is 33.4. The summed E-state index contributed by atoms with van der Waals surface area (Å²) in [4.78, 5) is 0.157. The molecule has 1 aromatic carbocycles. The monoisotopic (exact) mass is 390 g/mol. The molecule has 3 rings (SSSR count). The van der Waals surface area contributed by atoms with Crippen LogP contribution in [0.3, 0.4) is 0 Å². The van der Waals surface area contributed by atoms with Gasteiger partial charge in [-0.05, 0) is 75.4 Å². The van der Waals surface area contributed by atoms with Gasteiger partial charge in [0.15, 0.2) is 5.82 Å². The summed E-state index contributed by atoms with van der Waals surface area (Å²) in [6.45, 7) is 4.11. The van der Waals surface area contributed by atoms with Crippen molar-refractivity contribution in [2.75, 3.05) is 10.0 Å². The molecule has 1 aliphatic rings. The van der Waals surface area contributed by atoms with Crippen molar-refractivity contribution in [1.29, 1.82) is 0 Å². The summed E-state index contributed by atoms with van der Waals surface area (Å²) in [6.07, 6.45) is 5.69. The molecule has 2 N–H and O–H groups in total. The summed E-state index contributed by atoms with van der Waals surface area (Å²) in [5.41, 5.74) is 0. The first kappa shape index (κ1) is 19.4. The van der Waals surface area contributed by atoms with Crippen LogP contribution in [0.15, 0.2) is 41.3 Å². The van der Waals surface area contributed by atoms with Crippen LogP contribution in [0.4, 0.5) is 11.6 Å². The highest BCUT2D eigenvalue weighted by atomic mass is 32.2. The van der Waals surface area contributed by atoms with Crippen molar-refractivity contribution in [3.63, 3.8) is 0 Å². The van der Waals surface area contributed by atoms with Gasteiger partial charge in [-0.2, -0.15) is 0 Å². The number of aromatic nitrogens is 2. The van der Waals surface area contributed by atoms with E-state index >= 15 is 0 Å². The van der Waals surface area contributed by atoms with Crippen molar-refractivity contribution < 1.29 is 13.2 Å². The molecule has 146 valence electrons. The molecule has 1 heterocycles. The molecule has 1 unspecified atom stereocenters. The lowest BCUT2D eigenvalue weighted by molar-refractivity contribution is 0.210. The van der Waals surface area contributed by atoms with Crippen LogP contribution >= 0.6 is 0 Å². The van der Waals surface area contributed by atoms with Gasteiger partial charge in [0.2, 0.25) is 0 Å². The largest absolute Gasteiger partial charge is 0.490 e. The van der Waals surface area contributed by atoms with E-state index in [1.54, 1.807) is 36.4 Å². The van der Waals surface area contributed by atoms with E-state index in [4.69, 9.17) is 4.74 Å². The van der Waals surface area contributed by atoms with E-state index in [1.165, 1.54) is 12.8 Å². The summed E-state index contributed by atoms with van der Waals surface area (Å²) in [7, 11) is -3.73. The molecule has 1 aliphatic carbocycles. The number of nitrogens with zero attached hydrogens (tertiary/aromatic N) is 2. The fraction of sp³-hybridized carbons (Fsp3) is 0.474. The van der Waals surface area contributed by atoms with Crippen molar-refractivity contribution in [3.05, 3.63) is 36.4 Å². The lowest BCUT2D eigenvalue weighted by Gasteiger charge is -2.14. The van der Waals surface area contributed by atoms with Gasteiger partial charge in [-0.25, -0.2) is 8.42 Å². The number of nitrogens with one attached hydrogen (secondary N) is 2. The molecule has 0 amide bonds. The maximum absolute atomic E-state index is 12.5. The number of anilines is 2. The Kier molecular flexibility index (Phi) is 6.15. The summed E-state index contributed by atoms with van der Waals surface area (Å²) >= 11 is 0. The number of hydrogen-bond acceptors (Lipinski definition) is 6. The average molecular weight is 391 g/mol. The molecule has 27 heavy (non-hydrogen) atoms. The van der Waals surface area contributed by atoms with Gasteiger partial charge in [-0.1, -0.05) is 6.92 Å². The fourth-order valence-corrected chi connectivity index (χ4v) is 3.91. The van der Waals surface area contributed by atoms with E-state index in [0.717, 1.165) is 19.3 Å². The van der Waals surface area contributed by atoms with Crippen LogP contribution in [0.25, 0.3) is 0 Å². The lowest BCUT2D eigenvalue weighted by atomic mass is 10.2. The SMILES string of the molecule is CCC(C)Nc1ccc(NS(=O)(=O)c2ccc(OC3CCCC3)cc2)nn1. The molecule has 1 aromatic heterocycles. The Morgan fingerprint density at radius 2 is 1.70 bits per heavy atom. The molecule has 0 bridgehead atoms. The Bertz CT molecular complexity index is 832. The van der Waals surface area contributed by atoms with Crippen molar-refractivity contribution in [2.45, 2.75) is 63.0 Å². The molecule has 7 nitrogen and oxygen atoms in total. The molecule has 2 aromatic rings. The van der Waals surface area contributed by atoms with Gasteiger partial charge < -0.3 is 10.1 Å². The van der Waals surface area contributed by atoms with Gasteiger partial charge in [-0.3, -0.25) is 4.72 Å². The van der Waals surface area contributed by atoms with Crippen LogP contribution in [0.2, 0.25) is 0 Å². The first-order valence-corrected chi connectivity index (χ1v) is 10.8. The molecule has 1 atom stereocenters. The summed E-state index contributed by atoms with van der Waals surface area (Å²) in [5, 5.41) is 11.1. The van der Waals surface area contributed by atoms with Crippen LogP contribution in [0, 0.1) is 0 Å². The second-order valence-corrected chi connectivity index (χ2v) is 8.54. The van der Waals surface area contributed by atoms with Crippen LogP contribution in [0.5, 0.6) is 5.75 Å².